The molecule has 1 aromatic carbocycles. The van der Waals surface area contributed by atoms with Crippen molar-refractivity contribution in [1.82, 2.24) is 0 Å². The second-order valence-corrected chi connectivity index (χ2v) is 6.72. The average molecular weight is 287 g/mol. The van der Waals surface area contributed by atoms with Gasteiger partial charge < -0.3 is 10.1 Å². The van der Waals surface area contributed by atoms with Gasteiger partial charge in [0.15, 0.2) is 0 Å². The van der Waals surface area contributed by atoms with Crippen molar-refractivity contribution in [1.29, 1.82) is 0 Å². The molecule has 0 saturated heterocycles. The molecule has 2 saturated carbocycles. The van der Waals surface area contributed by atoms with Crippen molar-refractivity contribution in [3.63, 3.8) is 0 Å². The number of nitrogens with one attached hydrogen (secondary N) is 1. The molecule has 2 nitrogen and oxygen atoms in total. The van der Waals surface area contributed by atoms with Gasteiger partial charge in [-0.3, -0.25) is 0 Å². The van der Waals surface area contributed by atoms with Crippen LogP contribution in [-0.2, 0) is 11.2 Å². The highest BCUT2D eigenvalue weighted by Gasteiger charge is 2.55. The van der Waals surface area contributed by atoms with Crippen LogP contribution in [0.4, 0.5) is 5.69 Å². The summed E-state index contributed by atoms with van der Waals surface area (Å²) in [6.07, 6.45) is 9.58. The summed E-state index contributed by atoms with van der Waals surface area (Å²) in [7, 11) is 0. The van der Waals surface area contributed by atoms with Crippen LogP contribution >= 0.6 is 0 Å². The molecule has 0 aromatic heterocycles. The van der Waals surface area contributed by atoms with Crippen LogP contribution in [0.3, 0.4) is 0 Å². The maximum Gasteiger partial charge on any atom is 0.0670 e. The van der Waals surface area contributed by atoms with E-state index in [0.29, 0.717) is 17.6 Å². The Morgan fingerprint density at radius 2 is 1.81 bits per heavy atom. The first-order chi connectivity index (χ1) is 10.3. The van der Waals surface area contributed by atoms with E-state index in [-0.39, 0.29) is 0 Å². The third-order valence-corrected chi connectivity index (χ3v) is 5.64. The molecule has 1 N–H and O–H groups in total. The number of rotatable bonds is 5. The van der Waals surface area contributed by atoms with E-state index in [1.54, 1.807) is 0 Å². The Hall–Kier alpha value is -1.02. The molecule has 2 atom stereocenters. The zero-order valence-corrected chi connectivity index (χ0v) is 13.5. The van der Waals surface area contributed by atoms with Gasteiger partial charge in [-0.2, -0.15) is 0 Å². The lowest BCUT2D eigenvalue weighted by Crippen LogP contribution is -2.62. The summed E-state index contributed by atoms with van der Waals surface area (Å²) < 4.78 is 6.04. The van der Waals surface area contributed by atoms with Gasteiger partial charge in [-0.25, -0.2) is 0 Å². The Morgan fingerprint density at radius 3 is 2.43 bits per heavy atom. The Labute approximate surface area is 129 Å². The zero-order chi connectivity index (χ0) is 14.7. The third-order valence-electron chi connectivity index (χ3n) is 5.64. The average Bonchev–Trinajstić information content (AvgIpc) is 2.55. The number of aryl methyl sites for hydroxylation is 1. The summed E-state index contributed by atoms with van der Waals surface area (Å²) in [5, 5.41) is 3.80. The van der Waals surface area contributed by atoms with Crippen molar-refractivity contribution in [3.8, 4) is 0 Å². The minimum Gasteiger partial charge on any atom is -0.382 e. The number of anilines is 1. The van der Waals surface area contributed by atoms with E-state index in [1.807, 2.05) is 0 Å². The molecule has 0 heterocycles. The van der Waals surface area contributed by atoms with Crippen LogP contribution in [0.1, 0.15) is 57.9 Å². The van der Waals surface area contributed by atoms with Gasteiger partial charge in [-0.1, -0.05) is 38.3 Å². The van der Waals surface area contributed by atoms with E-state index in [2.05, 4.69) is 43.4 Å². The second kappa shape index (κ2) is 6.39. The molecule has 0 amide bonds. The van der Waals surface area contributed by atoms with Crippen LogP contribution in [0.5, 0.6) is 0 Å². The van der Waals surface area contributed by atoms with Crippen LogP contribution in [-0.4, -0.2) is 18.8 Å². The number of benzene rings is 1. The molecule has 21 heavy (non-hydrogen) atoms. The van der Waals surface area contributed by atoms with E-state index >= 15 is 0 Å². The summed E-state index contributed by atoms with van der Waals surface area (Å²) >= 11 is 0. The molecule has 2 heteroatoms. The molecular formula is C19H29NO. The largest absolute Gasteiger partial charge is 0.382 e. The fourth-order valence-corrected chi connectivity index (χ4v) is 4.30. The Morgan fingerprint density at radius 1 is 1.10 bits per heavy atom. The molecule has 2 aliphatic rings. The minimum atomic E-state index is 0.400. The van der Waals surface area contributed by atoms with Crippen LogP contribution < -0.4 is 5.32 Å². The molecule has 1 aromatic rings. The molecule has 2 fully saturated rings. The van der Waals surface area contributed by atoms with E-state index < -0.39 is 0 Å². The SMILES string of the molecule is CCOC1CC(Nc2ccc(CC)cc2)C12CCCCC2. The number of hydrogen-bond acceptors (Lipinski definition) is 2. The van der Waals surface area contributed by atoms with Crippen molar-refractivity contribution < 1.29 is 4.74 Å². The molecule has 0 radical (unpaired) electrons. The molecule has 0 bridgehead atoms. The van der Waals surface area contributed by atoms with E-state index in [4.69, 9.17) is 4.74 Å². The lowest BCUT2D eigenvalue weighted by molar-refractivity contribution is -0.134. The molecule has 1 spiro atoms. The predicted molar refractivity (Wildman–Crippen MR) is 88.8 cm³/mol. The highest BCUT2D eigenvalue weighted by molar-refractivity contribution is 5.47. The normalized spacial score (nSPS) is 27.3. The summed E-state index contributed by atoms with van der Waals surface area (Å²) in [6.45, 7) is 5.18. The van der Waals surface area contributed by atoms with Gasteiger partial charge in [0.05, 0.1) is 6.10 Å². The van der Waals surface area contributed by atoms with Crippen LogP contribution in [0.15, 0.2) is 24.3 Å². The van der Waals surface area contributed by atoms with Gasteiger partial charge >= 0.3 is 0 Å². The fourth-order valence-electron chi connectivity index (χ4n) is 4.30. The smallest absolute Gasteiger partial charge is 0.0670 e. The number of hydrogen-bond donors (Lipinski definition) is 1. The van der Waals surface area contributed by atoms with Crippen molar-refractivity contribution in [2.24, 2.45) is 5.41 Å². The van der Waals surface area contributed by atoms with Gasteiger partial charge in [0.1, 0.15) is 0 Å². The van der Waals surface area contributed by atoms with Gasteiger partial charge in [0.2, 0.25) is 0 Å². The van der Waals surface area contributed by atoms with Gasteiger partial charge in [-0.05, 0) is 50.3 Å². The summed E-state index contributed by atoms with van der Waals surface area (Å²) in [4.78, 5) is 0. The number of ether oxygens (including phenoxy) is 1. The van der Waals surface area contributed by atoms with Crippen LogP contribution in [0.2, 0.25) is 0 Å². The molecule has 116 valence electrons. The first kappa shape index (κ1) is 14.9. The van der Waals surface area contributed by atoms with Crippen molar-refractivity contribution in [2.45, 2.75) is 70.9 Å². The molecule has 3 rings (SSSR count). The third kappa shape index (κ3) is 2.83. The first-order valence-electron chi connectivity index (χ1n) is 8.75. The fraction of sp³-hybridized carbons (Fsp3) is 0.684. The summed E-state index contributed by atoms with van der Waals surface area (Å²) in [6, 6.07) is 9.57. The highest BCUT2D eigenvalue weighted by Crippen LogP contribution is 2.54. The van der Waals surface area contributed by atoms with E-state index in [1.165, 1.54) is 49.8 Å². The highest BCUT2D eigenvalue weighted by atomic mass is 16.5. The predicted octanol–water partition coefficient (Wildman–Crippen LogP) is 4.79. The quantitative estimate of drug-likeness (QED) is 0.840. The zero-order valence-electron chi connectivity index (χ0n) is 13.5. The lowest BCUT2D eigenvalue weighted by atomic mass is 9.55. The Kier molecular flexibility index (Phi) is 4.54. The van der Waals surface area contributed by atoms with Crippen molar-refractivity contribution in [3.05, 3.63) is 29.8 Å². The minimum absolute atomic E-state index is 0.400. The summed E-state index contributed by atoms with van der Waals surface area (Å²) in [5.41, 5.74) is 3.09. The second-order valence-electron chi connectivity index (χ2n) is 6.72. The van der Waals surface area contributed by atoms with Gasteiger partial charge in [0, 0.05) is 23.8 Å². The van der Waals surface area contributed by atoms with Crippen LogP contribution in [0, 0.1) is 5.41 Å². The molecule has 2 aliphatic carbocycles. The van der Waals surface area contributed by atoms with Crippen LogP contribution in [0.25, 0.3) is 0 Å². The maximum atomic E-state index is 6.04. The maximum absolute atomic E-state index is 6.04. The monoisotopic (exact) mass is 287 g/mol. The Bertz CT molecular complexity index is 447. The molecular weight excluding hydrogens is 258 g/mol. The molecule has 0 aliphatic heterocycles. The van der Waals surface area contributed by atoms with Crippen molar-refractivity contribution >= 4 is 5.69 Å². The van der Waals surface area contributed by atoms with Gasteiger partial charge in [0.25, 0.3) is 0 Å². The topological polar surface area (TPSA) is 21.3 Å². The Balaban J connectivity index is 1.69. The van der Waals surface area contributed by atoms with E-state index in [0.717, 1.165) is 13.0 Å². The van der Waals surface area contributed by atoms with E-state index in [9.17, 15) is 0 Å². The standard InChI is InChI=1S/C19H29NO/c1-3-15-8-10-16(11-9-15)20-17-14-18(21-4-2)19(17)12-6-5-7-13-19/h8-11,17-18,20H,3-7,12-14H2,1-2H3. The van der Waals surface area contributed by atoms with Crippen molar-refractivity contribution in [2.75, 3.05) is 11.9 Å². The van der Waals surface area contributed by atoms with Gasteiger partial charge in [-0.15, -0.1) is 0 Å². The first-order valence-corrected chi connectivity index (χ1v) is 8.75. The summed E-state index contributed by atoms with van der Waals surface area (Å²) in [5.74, 6) is 0. The molecule has 2 unspecified atom stereocenters. The lowest BCUT2D eigenvalue weighted by Gasteiger charge is -2.58.